The van der Waals surface area contributed by atoms with Gasteiger partial charge in [-0.05, 0) is 36.4 Å². The molecule has 3 aromatic carbocycles. The van der Waals surface area contributed by atoms with Gasteiger partial charge >= 0.3 is 17.9 Å². The molecule has 3 atom stereocenters. The van der Waals surface area contributed by atoms with Crippen LogP contribution in [0, 0.1) is 0 Å². The number of benzene rings is 3. The van der Waals surface area contributed by atoms with Crippen LogP contribution in [-0.2, 0) is 14.2 Å². The Morgan fingerprint density at radius 3 is 1.63 bits per heavy atom. The average molecular weight is 475 g/mol. The highest BCUT2D eigenvalue weighted by Crippen LogP contribution is 2.16. The zero-order chi connectivity index (χ0) is 25.0. The maximum atomic E-state index is 12.8. The van der Waals surface area contributed by atoms with Crippen LogP contribution in [0.15, 0.2) is 96.0 Å². The van der Waals surface area contributed by atoms with Crippen molar-refractivity contribution in [2.45, 2.75) is 18.3 Å². The summed E-state index contributed by atoms with van der Waals surface area (Å²) in [6.45, 7) is -0.516. The topological polar surface area (TPSA) is 111 Å². The molecule has 35 heavy (non-hydrogen) atoms. The van der Waals surface area contributed by atoms with Crippen molar-refractivity contribution in [1.82, 2.24) is 0 Å². The van der Waals surface area contributed by atoms with Crippen molar-refractivity contribution >= 4 is 24.1 Å². The number of carbonyl (C=O) groups excluding carboxylic acids is 3. The van der Waals surface area contributed by atoms with Crippen molar-refractivity contribution in [3.63, 3.8) is 0 Å². The molecule has 0 fully saturated rings. The van der Waals surface area contributed by atoms with Crippen LogP contribution in [-0.4, -0.2) is 61.2 Å². The van der Waals surface area contributed by atoms with Crippen LogP contribution < -0.4 is 0 Å². The number of aliphatic hydroxyl groups excluding tert-OH is 1. The molecular weight excluding hydrogens is 450 g/mol. The summed E-state index contributed by atoms with van der Waals surface area (Å²) in [7, 11) is 1.45. The van der Waals surface area contributed by atoms with Gasteiger partial charge in [0.05, 0.1) is 16.7 Å². The molecule has 0 aromatic heterocycles. The van der Waals surface area contributed by atoms with E-state index in [0.29, 0.717) is 5.56 Å². The second-order valence-electron chi connectivity index (χ2n) is 7.41. The lowest BCUT2D eigenvalue weighted by atomic mass is 10.1. The molecule has 0 saturated carbocycles. The van der Waals surface area contributed by atoms with E-state index in [2.05, 4.69) is 4.99 Å². The smallest absolute Gasteiger partial charge is 0.338 e. The fourth-order valence-corrected chi connectivity index (χ4v) is 3.14. The Morgan fingerprint density at radius 1 is 0.743 bits per heavy atom. The minimum atomic E-state index is -1.53. The first kappa shape index (κ1) is 25.3. The minimum absolute atomic E-state index is 0.229. The second kappa shape index (κ2) is 12.8. The molecule has 0 heterocycles. The van der Waals surface area contributed by atoms with Crippen LogP contribution in [0.5, 0.6) is 0 Å². The zero-order valence-electron chi connectivity index (χ0n) is 19.0. The summed E-state index contributed by atoms with van der Waals surface area (Å²) < 4.78 is 16.3. The normalized spacial score (nSPS) is 13.4. The van der Waals surface area contributed by atoms with E-state index >= 15 is 0 Å². The van der Waals surface area contributed by atoms with Crippen LogP contribution in [0.1, 0.15) is 31.1 Å². The van der Waals surface area contributed by atoms with Gasteiger partial charge in [0.15, 0.2) is 12.2 Å². The number of carbonyl (C=O) groups is 3. The first-order chi connectivity index (χ1) is 17.0. The van der Waals surface area contributed by atoms with Gasteiger partial charge in [0.1, 0.15) is 12.7 Å². The van der Waals surface area contributed by atoms with Crippen LogP contribution in [0.25, 0.3) is 0 Å². The molecule has 3 rings (SSSR count). The van der Waals surface area contributed by atoms with Gasteiger partial charge in [0.25, 0.3) is 0 Å². The van der Waals surface area contributed by atoms with E-state index in [1.54, 1.807) is 91.0 Å². The standard InChI is InChI=1S/C27H25NO7/c1-28-17-23(34-26(31)20-13-7-3-8-14-20)24(35-27(32)21-15-9-4-10-16-21)22(29)18-33-25(30)19-11-5-2-6-12-19/h2-17,22-24,29H,18H2,1H3/t22-,23-,24+/m0/s1. The van der Waals surface area contributed by atoms with E-state index in [-0.39, 0.29) is 11.1 Å². The third kappa shape index (κ3) is 7.35. The van der Waals surface area contributed by atoms with Crippen molar-refractivity contribution in [3.05, 3.63) is 108 Å². The van der Waals surface area contributed by atoms with E-state index in [1.165, 1.54) is 13.3 Å². The van der Waals surface area contributed by atoms with Gasteiger partial charge in [-0.2, -0.15) is 0 Å². The number of aliphatic imine (C=N–C) groups is 1. The van der Waals surface area contributed by atoms with E-state index in [4.69, 9.17) is 14.2 Å². The Balaban J connectivity index is 1.80. The maximum Gasteiger partial charge on any atom is 0.338 e. The number of hydrogen-bond donors (Lipinski definition) is 1. The predicted octanol–water partition coefficient (Wildman–Crippen LogP) is 3.36. The molecule has 0 spiro atoms. The molecule has 0 aliphatic rings. The van der Waals surface area contributed by atoms with Gasteiger partial charge in [-0.15, -0.1) is 0 Å². The molecule has 0 saturated heterocycles. The summed E-state index contributed by atoms with van der Waals surface area (Å²) in [6.07, 6.45) is -2.96. The zero-order valence-corrected chi connectivity index (χ0v) is 19.0. The first-order valence-electron chi connectivity index (χ1n) is 10.8. The second-order valence-corrected chi connectivity index (χ2v) is 7.41. The van der Waals surface area contributed by atoms with Gasteiger partial charge in [-0.25, -0.2) is 14.4 Å². The minimum Gasteiger partial charge on any atom is -0.459 e. The van der Waals surface area contributed by atoms with E-state index in [0.717, 1.165) is 0 Å². The highest BCUT2D eigenvalue weighted by Gasteiger charge is 2.35. The number of rotatable bonds is 10. The summed E-state index contributed by atoms with van der Waals surface area (Å²) in [6, 6.07) is 24.6. The number of nitrogens with zero attached hydrogens (tertiary/aromatic N) is 1. The molecule has 0 unspecified atom stereocenters. The van der Waals surface area contributed by atoms with Crippen molar-refractivity contribution in [2.24, 2.45) is 4.99 Å². The van der Waals surface area contributed by atoms with Crippen molar-refractivity contribution in [1.29, 1.82) is 0 Å². The molecule has 180 valence electrons. The summed E-state index contributed by atoms with van der Waals surface area (Å²) >= 11 is 0. The monoisotopic (exact) mass is 475 g/mol. The van der Waals surface area contributed by atoms with Crippen LogP contribution in [0.3, 0.4) is 0 Å². The molecule has 0 bridgehead atoms. The Morgan fingerprint density at radius 2 is 1.17 bits per heavy atom. The Labute approximate surface area is 202 Å². The van der Waals surface area contributed by atoms with Crippen molar-refractivity contribution in [3.8, 4) is 0 Å². The Hall–Kier alpha value is -4.30. The molecule has 0 aliphatic heterocycles. The highest BCUT2D eigenvalue weighted by molar-refractivity contribution is 5.92. The number of aliphatic hydroxyl groups is 1. The predicted molar refractivity (Wildman–Crippen MR) is 128 cm³/mol. The molecule has 0 amide bonds. The van der Waals surface area contributed by atoms with Gasteiger partial charge in [-0.1, -0.05) is 54.6 Å². The molecule has 3 aromatic rings. The van der Waals surface area contributed by atoms with Crippen LogP contribution in [0.2, 0.25) is 0 Å². The summed E-state index contributed by atoms with van der Waals surface area (Å²) in [5.74, 6) is -2.13. The number of esters is 3. The van der Waals surface area contributed by atoms with Gasteiger partial charge in [0.2, 0.25) is 0 Å². The molecule has 8 nitrogen and oxygen atoms in total. The third-order valence-electron chi connectivity index (χ3n) is 4.90. The molecule has 8 heteroatoms. The van der Waals surface area contributed by atoms with Gasteiger partial charge in [0, 0.05) is 13.3 Å². The van der Waals surface area contributed by atoms with Crippen molar-refractivity contribution < 1.29 is 33.7 Å². The van der Waals surface area contributed by atoms with Crippen LogP contribution >= 0.6 is 0 Å². The van der Waals surface area contributed by atoms with Crippen LogP contribution in [0.4, 0.5) is 0 Å². The first-order valence-corrected chi connectivity index (χ1v) is 10.8. The van der Waals surface area contributed by atoms with Gasteiger partial charge < -0.3 is 19.3 Å². The third-order valence-corrected chi connectivity index (χ3v) is 4.90. The van der Waals surface area contributed by atoms with E-state index in [9.17, 15) is 19.5 Å². The molecule has 1 N–H and O–H groups in total. The lowest BCUT2D eigenvalue weighted by Crippen LogP contribution is -2.46. The highest BCUT2D eigenvalue weighted by atomic mass is 16.6. The summed E-state index contributed by atoms with van der Waals surface area (Å²) in [5.41, 5.74) is 0.785. The fraction of sp³-hybridized carbons (Fsp3) is 0.185. The average Bonchev–Trinajstić information content (AvgIpc) is 2.91. The fourth-order valence-electron chi connectivity index (χ4n) is 3.14. The van der Waals surface area contributed by atoms with E-state index < -0.39 is 42.8 Å². The number of ether oxygens (including phenoxy) is 3. The molecule has 0 radical (unpaired) electrons. The summed E-state index contributed by atoms with van der Waals surface area (Å²) in [4.78, 5) is 41.6. The summed E-state index contributed by atoms with van der Waals surface area (Å²) in [5, 5.41) is 10.9. The van der Waals surface area contributed by atoms with Crippen molar-refractivity contribution in [2.75, 3.05) is 13.7 Å². The lowest BCUT2D eigenvalue weighted by molar-refractivity contribution is -0.0779. The number of hydrogen-bond acceptors (Lipinski definition) is 8. The maximum absolute atomic E-state index is 12.8. The Bertz CT molecular complexity index is 1130. The SMILES string of the molecule is CN=C[C@H](OC(=O)c1ccccc1)[C@H](OC(=O)c1ccccc1)[C@@H](O)COC(=O)c1ccccc1. The quantitative estimate of drug-likeness (QED) is 0.272. The van der Waals surface area contributed by atoms with Gasteiger partial charge in [-0.3, -0.25) is 4.99 Å². The molecule has 0 aliphatic carbocycles. The Kier molecular flexibility index (Phi) is 9.27. The molecular formula is C27H25NO7. The van der Waals surface area contributed by atoms with E-state index in [1.807, 2.05) is 0 Å². The lowest BCUT2D eigenvalue weighted by Gasteiger charge is -2.28. The largest absolute Gasteiger partial charge is 0.459 e.